The van der Waals surface area contributed by atoms with Gasteiger partial charge in [0.25, 0.3) is 5.56 Å². The highest BCUT2D eigenvalue weighted by Crippen LogP contribution is 2.23. The fraction of sp³-hybridized carbons (Fsp3) is 0.300. The maximum absolute atomic E-state index is 12.9. The molecular weight excluding hydrogens is 330 g/mol. The number of fused-ring (bicyclic) bond motifs is 1. The molecule has 0 saturated carbocycles. The molecule has 0 bridgehead atoms. The van der Waals surface area contributed by atoms with Gasteiger partial charge in [-0.25, -0.2) is 0 Å². The Hall–Kier alpha value is -2.24. The Morgan fingerprint density at radius 3 is 2.44 bits per heavy atom. The molecular formula is C20H21N3OS. The fourth-order valence-electron chi connectivity index (χ4n) is 3.68. The monoisotopic (exact) mass is 351 g/mol. The molecule has 0 aliphatic carbocycles. The van der Waals surface area contributed by atoms with E-state index >= 15 is 0 Å². The number of aromatic amines is 1. The van der Waals surface area contributed by atoms with Crippen molar-refractivity contribution in [1.29, 1.82) is 0 Å². The molecule has 0 amide bonds. The minimum Gasteiger partial charge on any atom is -0.332 e. The summed E-state index contributed by atoms with van der Waals surface area (Å²) in [5.74, 6) is 0. The molecule has 128 valence electrons. The van der Waals surface area contributed by atoms with Gasteiger partial charge in [0.1, 0.15) is 0 Å². The highest BCUT2D eigenvalue weighted by atomic mass is 32.1. The van der Waals surface area contributed by atoms with Crippen molar-refractivity contribution >= 4 is 23.1 Å². The highest BCUT2D eigenvalue weighted by molar-refractivity contribution is 7.71. The summed E-state index contributed by atoms with van der Waals surface area (Å²) in [6.45, 7) is 2.92. The summed E-state index contributed by atoms with van der Waals surface area (Å²) < 4.78 is 2.32. The van der Waals surface area contributed by atoms with Crippen LogP contribution in [0.4, 0.5) is 0 Å². The molecule has 1 fully saturated rings. The van der Waals surface area contributed by atoms with Gasteiger partial charge in [-0.1, -0.05) is 42.5 Å². The molecule has 4 rings (SSSR count). The second-order valence-electron chi connectivity index (χ2n) is 6.64. The van der Waals surface area contributed by atoms with E-state index < -0.39 is 0 Å². The third-order valence-electron chi connectivity index (χ3n) is 5.01. The smallest absolute Gasteiger partial charge is 0.262 e. The number of likely N-dealkylation sites (tertiary alicyclic amines) is 1. The van der Waals surface area contributed by atoms with E-state index in [-0.39, 0.29) is 11.6 Å². The number of hydrogen-bond donors (Lipinski definition) is 1. The molecule has 0 unspecified atom stereocenters. The van der Waals surface area contributed by atoms with Crippen LogP contribution in [0.25, 0.3) is 10.9 Å². The number of nitrogens with zero attached hydrogens (tertiary/aromatic N) is 2. The van der Waals surface area contributed by atoms with Crippen molar-refractivity contribution in [3.05, 3.63) is 75.3 Å². The number of H-pyrrole nitrogens is 1. The first-order valence-corrected chi connectivity index (χ1v) is 9.13. The third kappa shape index (κ3) is 3.30. The van der Waals surface area contributed by atoms with Crippen LogP contribution in [0, 0.1) is 4.77 Å². The van der Waals surface area contributed by atoms with Gasteiger partial charge < -0.3 is 4.98 Å². The van der Waals surface area contributed by atoms with E-state index in [2.05, 4.69) is 34.1 Å². The largest absolute Gasteiger partial charge is 0.332 e. The molecule has 2 aromatic carbocycles. The van der Waals surface area contributed by atoms with Gasteiger partial charge >= 0.3 is 0 Å². The minimum atomic E-state index is 0.0286. The molecule has 0 spiro atoms. The number of benzene rings is 2. The summed E-state index contributed by atoms with van der Waals surface area (Å²) >= 11 is 5.48. The van der Waals surface area contributed by atoms with Crippen LogP contribution in [0.2, 0.25) is 0 Å². The first-order chi connectivity index (χ1) is 12.2. The molecule has 1 aliphatic rings. The quantitative estimate of drug-likeness (QED) is 0.728. The first kappa shape index (κ1) is 16.2. The lowest BCUT2D eigenvalue weighted by Gasteiger charge is -2.32. The van der Waals surface area contributed by atoms with Crippen molar-refractivity contribution < 1.29 is 0 Å². The number of hydrogen-bond acceptors (Lipinski definition) is 3. The highest BCUT2D eigenvalue weighted by Gasteiger charge is 2.22. The standard InChI is InChI=1S/C20H21N3OS/c24-19-17-8-4-5-9-18(17)21-20(25)23(19)16-10-12-22(13-11-16)14-15-6-2-1-3-7-15/h1-9,16H,10-14H2,(H,21,25). The van der Waals surface area contributed by atoms with Gasteiger partial charge in [-0.15, -0.1) is 0 Å². The summed E-state index contributed by atoms with van der Waals surface area (Å²) in [5.41, 5.74) is 2.18. The molecule has 25 heavy (non-hydrogen) atoms. The summed E-state index contributed by atoms with van der Waals surface area (Å²) in [5, 5.41) is 0.711. The van der Waals surface area contributed by atoms with Crippen LogP contribution in [0.15, 0.2) is 59.4 Å². The zero-order chi connectivity index (χ0) is 17.2. The van der Waals surface area contributed by atoms with Gasteiger partial charge in [0.15, 0.2) is 4.77 Å². The second-order valence-corrected chi connectivity index (χ2v) is 7.03. The SMILES string of the molecule is O=c1c2ccccc2[nH]c(=S)n1C1CCN(Cc2ccccc2)CC1. The van der Waals surface area contributed by atoms with E-state index in [9.17, 15) is 4.79 Å². The summed E-state index contributed by atoms with van der Waals surface area (Å²) in [4.78, 5) is 18.5. The predicted octanol–water partition coefficient (Wildman–Crippen LogP) is 3.90. The number of rotatable bonds is 3. The van der Waals surface area contributed by atoms with Crippen LogP contribution in [0.5, 0.6) is 0 Å². The lowest BCUT2D eigenvalue weighted by Crippen LogP contribution is -2.37. The van der Waals surface area contributed by atoms with Crippen LogP contribution in [0.1, 0.15) is 24.4 Å². The molecule has 1 saturated heterocycles. The van der Waals surface area contributed by atoms with Crippen LogP contribution >= 0.6 is 12.2 Å². The normalized spacial score (nSPS) is 16.3. The van der Waals surface area contributed by atoms with Crippen LogP contribution < -0.4 is 5.56 Å². The Morgan fingerprint density at radius 2 is 1.68 bits per heavy atom. The lowest BCUT2D eigenvalue weighted by molar-refractivity contribution is 0.177. The third-order valence-corrected chi connectivity index (χ3v) is 5.31. The molecule has 3 aromatic rings. The van der Waals surface area contributed by atoms with E-state index in [0.717, 1.165) is 38.0 Å². The van der Waals surface area contributed by atoms with Crippen molar-refractivity contribution in [3.8, 4) is 0 Å². The second kappa shape index (κ2) is 6.94. The molecule has 0 atom stereocenters. The van der Waals surface area contributed by atoms with Gasteiger partial charge in [-0.3, -0.25) is 14.3 Å². The molecule has 1 N–H and O–H groups in total. The van der Waals surface area contributed by atoms with Crippen molar-refractivity contribution in [2.45, 2.75) is 25.4 Å². The minimum absolute atomic E-state index is 0.0286. The molecule has 1 aliphatic heterocycles. The van der Waals surface area contributed by atoms with Crippen LogP contribution in [-0.2, 0) is 6.54 Å². The molecule has 4 nitrogen and oxygen atoms in total. The van der Waals surface area contributed by atoms with Crippen LogP contribution in [-0.4, -0.2) is 27.5 Å². The summed E-state index contributed by atoms with van der Waals surface area (Å²) in [7, 11) is 0. The van der Waals surface area contributed by atoms with Crippen molar-refractivity contribution in [1.82, 2.24) is 14.5 Å². The van der Waals surface area contributed by atoms with Crippen LogP contribution in [0.3, 0.4) is 0 Å². The average molecular weight is 351 g/mol. The Morgan fingerprint density at radius 1 is 1.00 bits per heavy atom. The maximum Gasteiger partial charge on any atom is 0.262 e. The molecule has 2 heterocycles. The van der Waals surface area contributed by atoms with Gasteiger partial charge in [-0.2, -0.15) is 0 Å². The lowest BCUT2D eigenvalue weighted by atomic mass is 10.0. The van der Waals surface area contributed by atoms with Crippen molar-refractivity contribution in [2.75, 3.05) is 13.1 Å². The number of nitrogens with one attached hydrogen (secondary N) is 1. The summed E-state index contributed by atoms with van der Waals surface area (Å²) in [6.07, 6.45) is 1.89. The Balaban J connectivity index is 1.54. The Kier molecular flexibility index (Phi) is 4.51. The van der Waals surface area contributed by atoms with Gasteiger partial charge in [0.05, 0.1) is 10.9 Å². The number of para-hydroxylation sites is 1. The molecule has 5 heteroatoms. The zero-order valence-corrected chi connectivity index (χ0v) is 14.8. The fourth-order valence-corrected chi connectivity index (χ4v) is 4.03. The van der Waals surface area contributed by atoms with Gasteiger partial charge in [0, 0.05) is 25.7 Å². The Bertz CT molecular complexity index is 985. The summed E-state index contributed by atoms with van der Waals surface area (Å²) in [6, 6.07) is 18.3. The van der Waals surface area contributed by atoms with E-state index in [1.165, 1.54) is 5.56 Å². The Labute approximate surface area is 151 Å². The van der Waals surface area contributed by atoms with E-state index in [0.29, 0.717) is 10.2 Å². The molecule has 1 aromatic heterocycles. The van der Waals surface area contributed by atoms with Gasteiger partial charge in [-0.05, 0) is 42.8 Å². The van der Waals surface area contributed by atoms with E-state index in [1.807, 2.05) is 30.3 Å². The van der Waals surface area contributed by atoms with Crippen molar-refractivity contribution in [3.63, 3.8) is 0 Å². The predicted molar refractivity (Wildman–Crippen MR) is 103 cm³/mol. The van der Waals surface area contributed by atoms with E-state index in [1.54, 1.807) is 4.57 Å². The molecule has 0 radical (unpaired) electrons. The number of aromatic nitrogens is 2. The van der Waals surface area contributed by atoms with E-state index in [4.69, 9.17) is 12.2 Å². The zero-order valence-electron chi connectivity index (χ0n) is 14.0. The first-order valence-electron chi connectivity index (χ1n) is 8.72. The van der Waals surface area contributed by atoms with Gasteiger partial charge in [0.2, 0.25) is 0 Å². The van der Waals surface area contributed by atoms with Crippen molar-refractivity contribution in [2.24, 2.45) is 0 Å². The maximum atomic E-state index is 12.9. The average Bonchev–Trinajstić information content (AvgIpc) is 2.64. The number of piperidine rings is 1. The topological polar surface area (TPSA) is 41.0 Å².